The van der Waals surface area contributed by atoms with E-state index in [4.69, 9.17) is 0 Å². The quantitative estimate of drug-likeness (QED) is 0.616. The third-order valence-corrected chi connectivity index (χ3v) is 7.96. The number of thiophene rings is 1. The number of nitrogens with one attached hydrogen (secondary N) is 1. The average molecular weight is 482 g/mol. The average Bonchev–Trinajstić information content (AvgIpc) is 3.37. The maximum Gasteiger partial charge on any atom is 0.253 e. The normalized spacial score (nSPS) is 17.6. The fourth-order valence-electron chi connectivity index (χ4n) is 4.83. The molecule has 0 bridgehead atoms. The summed E-state index contributed by atoms with van der Waals surface area (Å²) in [5.74, 6) is 0.925. The van der Waals surface area contributed by atoms with E-state index in [1.807, 2.05) is 33.4 Å². The molecule has 6 nitrogen and oxygen atoms in total. The number of anilines is 1. The van der Waals surface area contributed by atoms with Crippen molar-refractivity contribution in [2.75, 3.05) is 31.5 Å². The molecule has 0 radical (unpaired) electrons. The first-order valence-electron chi connectivity index (χ1n) is 12.5. The van der Waals surface area contributed by atoms with Crippen LogP contribution in [0.4, 0.5) is 5.69 Å². The van der Waals surface area contributed by atoms with E-state index in [9.17, 15) is 14.4 Å². The summed E-state index contributed by atoms with van der Waals surface area (Å²) in [4.78, 5) is 43.4. The van der Waals surface area contributed by atoms with Gasteiger partial charge in [-0.3, -0.25) is 14.4 Å². The number of hydrogen-bond acceptors (Lipinski definition) is 4. The minimum Gasteiger partial charge on any atom is -0.342 e. The van der Waals surface area contributed by atoms with Gasteiger partial charge >= 0.3 is 0 Å². The van der Waals surface area contributed by atoms with Gasteiger partial charge < -0.3 is 15.1 Å². The molecular weight excluding hydrogens is 446 g/mol. The van der Waals surface area contributed by atoms with Gasteiger partial charge in [0.25, 0.3) is 5.91 Å². The maximum atomic E-state index is 13.1. The van der Waals surface area contributed by atoms with E-state index in [-0.39, 0.29) is 23.6 Å². The summed E-state index contributed by atoms with van der Waals surface area (Å²) in [5, 5.41) is 4.97. The van der Waals surface area contributed by atoms with Crippen LogP contribution in [0.5, 0.6) is 0 Å². The second-order valence-electron chi connectivity index (χ2n) is 9.64. The second kappa shape index (κ2) is 11.6. The molecule has 2 fully saturated rings. The highest BCUT2D eigenvalue weighted by Gasteiger charge is 2.31. The van der Waals surface area contributed by atoms with Crippen LogP contribution in [-0.2, 0) is 16.0 Å². The fraction of sp³-hybridized carbons (Fsp3) is 0.519. The van der Waals surface area contributed by atoms with Crippen LogP contribution in [0.1, 0.15) is 60.7 Å². The summed E-state index contributed by atoms with van der Waals surface area (Å²) in [5.41, 5.74) is 1.22. The minimum atomic E-state index is -0.0357. The molecule has 182 valence electrons. The lowest BCUT2D eigenvalue weighted by Crippen LogP contribution is -2.46. The van der Waals surface area contributed by atoms with Crippen LogP contribution in [0.2, 0.25) is 0 Å². The summed E-state index contributed by atoms with van der Waals surface area (Å²) in [6.07, 6.45) is 5.77. The molecular formula is C27H35N3O3S. The first-order valence-corrected chi connectivity index (χ1v) is 13.4. The van der Waals surface area contributed by atoms with Crippen molar-refractivity contribution >= 4 is 34.7 Å². The van der Waals surface area contributed by atoms with E-state index in [1.165, 1.54) is 4.88 Å². The zero-order valence-electron chi connectivity index (χ0n) is 20.0. The molecule has 2 aliphatic rings. The van der Waals surface area contributed by atoms with Crippen LogP contribution < -0.4 is 5.32 Å². The van der Waals surface area contributed by atoms with Gasteiger partial charge in [0, 0.05) is 54.6 Å². The molecule has 0 spiro atoms. The van der Waals surface area contributed by atoms with Crippen molar-refractivity contribution in [1.82, 2.24) is 9.80 Å². The van der Waals surface area contributed by atoms with Gasteiger partial charge in [0.1, 0.15) is 0 Å². The van der Waals surface area contributed by atoms with Gasteiger partial charge in [0.05, 0.1) is 0 Å². The summed E-state index contributed by atoms with van der Waals surface area (Å²) in [6.45, 7) is 5.17. The van der Waals surface area contributed by atoms with Gasteiger partial charge in [0.2, 0.25) is 11.8 Å². The van der Waals surface area contributed by atoms with Crippen molar-refractivity contribution in [3.63, 3.8) is 0 Å². The Bertz CT molecular complexity index is 975. The summed E-state index contributed by atoms with van der Waals surface area (Å²) < 4.78 is 0. The highest BCUT2D eigenvalue weighted by Crippen LogP contribution is 2.25. The molecule has 1 aromatic carbocycles. The number of rotatable bonds is 7. The van der Waals surface area contributed by atoms with Crippen LogP contribution in [0.15, 0.2) is 41.8 Å². The number of likely N-dealkylation sites (tertiary alicyclic amines) is 2. The minimum absolute atomic E-state index is 0.0252. The SMILES string of the molecule is CC1CCN(C(=O)C2CCN(C(=O)c3cccc(NC(=O)CCCc4cccs4)c3)CC2)CC1. The van der Waals surface area contributed by atoms with Crippen molar-refractivity contribution in [3.8, 4) is 0 Å². The highest BCUT2D eigenvalue weighted by molar-refractivity contribution is 7.09. The molecule has 4 rings (SSSR count). The van der Waals surface area contributed by atoms with Crippen molar-refractivity contribution in [1.29, 1.82) is 0 Å². The molecule has 0 unspecified atom stereocenters. The summed E-state index contributed by atoms with van der Waals surface area (Å²) in [6, 6.07) is 11.3. The molecule has 0 saturated carbocycles. The predicted molar refractivity (Wildman–Crippen MR) is 136 cm³/mol. The lowest BCUT2D eigenvalue weighted by atomic mass is 9.92. The van der Waals surface area contributed by atoms with Crippen molar-refractivity contribution in [2.24, 2.45) is 11.8 Å². The number of amides is 3. The molecule has 2 saturated heterocycles. The monoisotopic (exact) mass is 481 g/mol. The number of hydrogen-bond donors (Lipinski definition) is 1. The number of carbonyl (C=O) groups excluding carboxylic acids is 3. The molecule has 1 N–H and O–H groups in total. The largest absolute Gasteiger partial charge is 0.342 e. The first-order chi connectivity index (χ1) is 16.5. The standard InChI is InChI=1S/C27H35N3O3S/c1-20-10-14-29(15-11-20)26(32)21-12-16-30(17-13-21)27(33)22-5-2-6-23(19-22)28-25(31)9-3-7-24-8-4-18-34-24/h2,4-6,8,18-21H,3,7,9-17H2,1H3,(H,28,31). The van der Waals surface area contributed by atoms with Gasteiger partial charge in [-0.1, -0.05) is 19.1 Å². The van der Waals surface area contributed by atoms with Gasteiger partial charge in [-0.25, -0.2) is 0 Å². The van der Waals surface area contributed by atoms with Gasteiger partial charge in [-0.2, -0.15) is 0 Å². The Morgan fingerprint density at radius 1 is 0.971 bits per heavy atom. The Morgan fingerprint density at radius 2 is 1.71 bits per heavy atom. The van der Waals surface area contributed by atoms with E-state index in [0.717, 1.165) is 51.6 Å². The van der Waals surface area contributed by atoms with E-state index in [2.05, 4.69) is 18.3 Å². The van der Waals surface area contributed by atoms with E-state index < -0.39 is 0 Å². The Balaban J connectivity index is 1.24. The van der Waals surface area contributed by atoms with Gasteiger partial charge in [0.15, 0.2) is 0 Å². The molecule has 34 heavy (non-hydrogen) atoms. The molecule has 3 heterocycles. The van der Waals surface area contributed by atoms with Gasteiger partial charge in [-0.15, -0.1) is 11.3 Å². The van der Waals surface area contributed by atoms with E-state index in [1.54, 1.807) is 23.5 Å². The van der Waals surface area contributed by atoms with Crippen LogP contribution in [0.3, 0.4) is 0 Å². The summed E-state index contributed by atoms with van der Waals surface area (Å²) in [7, 11) is 0. The molecule has 7 heteroatoms. The molecule has 1 aromatic heterocycles. The molecule has 0 atom stereocenters. The molecule has 3 amide bonds. The Labute approximate surface area is 206 Å². The first kappa shape index (κ1) is 24.5. The maximum absolute atomic E-state index is 13.1. The lowest BCUT2D eigenvalue weighted by Gasteiger charge is -2.36. The van der Waals surface area contributed by atoms with E-state index >= 15 is 0 Å². The second-order valence-corrected chi connectivity index (χ2v) is 10.7. The zero-order chi connectivity index (χ0) is 23.9. The predicted octanol–water partition coefficient (Wildman–Crippen LogP) is 4.82. The number of benzene rings is 1. The fourth-order valence-corrected chi connectivity index (χ4v) is 5.58. The third kappa shape index (κ3) is 6.47. The van der Waals surface area contributed by atoms with Gasteiger partial charge in [-0.05, 0) is 74.1 Å². The number of nitrogens with zero attached hydrogens (tertiary/aromatic N) is 2. The smallest absolute Gasteiger partial charge is 0.253 e. The lowest BCUT2D eigenvalue weighted by molar-refractivity contribution is -0.138. The topological polar surface area (TPSA) is 69.7 Å². The van der Waals surface area contributed by atoms with Crippen molar-refractivity contribution in [3.05, 3.63) is 52.2 Å². The zero-order valence-corrected chi connectivity index (χ0v) is 20.8. The summed E-state index contributed by atoms with van der Waals surface area (Å²) >= 11 is 1.71. The number of piperidine rings is 2. The number of carbonyl (C=O) groups is 3. The van der Waals surface area contributed by atoms with Crippen LogP contribution >= 0.6 is 11.3 Å². The Hall–Kier alpha value is -2.67. The van der Waals surface area contributed by atoms with Crippen LogP contribution in [-0.4, -0.2) is 53.7 Å². The van der Waals surface area contributed by atoms with Crippen molar-refractivity contribution in [2.45, 2.75) is 51.9 Å². The highest BCUT2D eigenvalue weighted by atomic mass is 32.1. The Kier molecular flexibility index (Phi) is 8.38. The molecule has 2 aromatic rings. The van der Waals surface area contributed by atoms with E-state index in [0.29, 0.717) is 36.7 Å². The molecule has 2 aliphatic heterocycles. The molecule has 0 aliphatic carbocycles. The van der Waals surface area contributed by atoms with Crippen molar-refractivity contribution < 1.29 is 14.4 Å². The number of aryl methyl sites for hydroxylation is 1. The van der Waals surface area contributed by atoms with Crippen LogP contribution in [0, 0.1) is 11.8 Å². The Morgan fingerprint density at radius 3 is 2.41 bits per heavy atom. The van der Waals surface area contributed by atoms with Crippen LogP contribution in [0.25, 0.3) is 0 Å². The third-order valence-electron chi connectivity index (χ3n) is 7.03.